The smallest absolute Gasteiger partial charge is 0.393 e. The number of hydrogen-bond acceptors (Lipinski definition) is 7. The molecule has 0 spiro atoms. The average Bonchev–Trinajstić information content (AvgIpc) is 2.67. The molecule has 5 N–H and O–H groups in total. The lowest BCUT2D eigenvalue weighted by Crippen LogP contribution is -2.32. The number of carbonyl (C=O) groups excluding carboxylic acids is 1. The van der Waals surface area contributed by atoms with Crippen molar-refractivity contribution < 1.29 is 27.8 Å². The number of amides is 1. The van der Waals surface area contributed by atoms with Gasteiger partial charge in [-0.15, -0.1) is 0 Å². The summed E-state index contributed by atoms with van der Waals surface area (Å²) >= 11 is 0. The number of nitrogens with one attached hydrogen (secondary N) is 2. The largest absolute Gasteiger partial charge is 0.411 e. The first kappa shape index (κ1) is 22.3. The third-order valence-corrected chi connectivity index (χ3v) is 5.17. The van der Waals surface area contributed by atoms with Crippen molar-refractivity contribution >= 4 is 17.7 Å². The molecular formula is C19H26F3N5O3. The molecule has 166 valence electrons. The molecule has 2 aliphatic rings. The van der Waals surface area contributed by atoms with Crippen molar-refractivity contribution in [2.45, 2.75) is 69.4 Å². The van der Waals surface area contributed by atoms with Crippen molar-refractivity contribution in [1.82, 2.24) is 9.97 Å². The zero-order chi connectivity index (χ0) is 21.7. The van der Waals surface area contributed by atoms with E-state index in [1.165, 1.54) is 6.20 Å². The van der Waals surface area contributed by atoms with Gasteiger partial charge in [0.25, 0.3) is 5.91 Å². The van der Waals surface area contributed by atoms with Crippen LogP contribution in [-0.2, 0) is 4.74 Å². The lowest BCUT2D eigenvalue weighted by atomic mass is 9.93. The SMILES string of the molecule is NC(=O)c1cnc(NC2CCC(OCC(F)(F)F)CC2)nc1NC1=CCC[C@H](O)C1. The lowest BCUT2D eigenvalue weighted by Gasteiger charge is -2.29. The van der Waals surface area contributed by atoms with E-state index in [-0.39, 0.29) is 17.4 Å². The van der Waals surface area contributed by atoms with Crippen LogP contribution in [0.4, 0.5) is 24.9 Å². The molecule has 8 nitrogen and oxygen atoms in total. The van der Waals surface area contributed by atoms with Gasteiger partial charge in [-0.2, -0.15) is 18.2 Å². The maximum Gasteiger partial charge on any atom is 0.411 e. The molecule has 2 aliphatic carbocycles. The molecule has 0 saturated heterocycles. The van der Waals surface area contributed by atoms with Crippen molar-refractivity contribution in [3.05, 3.63) is 23.5 Å². The maximum absolute atomic E-state index is 12.3. The summed E-state index contributed by atoms with van der Waals surface area (Å²) in [6.07, 6.45) is 2.14. The van der Waals surface area contributed by atoms with Crippen LogP contribution in [0, 0.1) is 0 Å². The van der Waals surface area contributed by atoms with E-state index in [1.807, 2.05) is 6.08 Å². The number of nitrogens with zero attached hydrogens (tertiary/aromatic N) is 2. The summed E-state index contributed by atoms with van der Waals surface area (Å²) < 4.78 is 41.8. The minimum absolute atomic E-state index is 0.0151. The Kier molecular flexibility index (Phi) is 7.14. The Balaban J connectivity index is 1.60. The first-order chi connectivity index (χ1) is 14.2. The van der Waals surface area contributed by atoms with Crippen LogP contribution in [0.25, 0.3) is 0 Å². The Bertz CT molecular complexity index is 779. The highest BCUT2D eigenvalue weighted by Crippen LogP contribution is 2.27. The summed E-state index contributed by atoms with van der Waals surface area (Å²) in [5, 5.41) is 16.0. The summed E-state index contributed by atoms with van der Waals surface area (Å²) in [7, 11) is 0. The highest BCUT2D eigenvalue weighted by Gasteiger charge is 2.31. The molecule has 0 bridgehead atoms. The van der Waals surface area contributed by atoms with Crippen LogP contribution in [0.3, 0.4) is 0 Å². The van der Waals surface area contributed by atoms with E-state index in [0.717, 1.165) is 5.70 Å². The minimum Gasteiger partial charge on any atom is -0.393 e. The predicted octanol–water partition coefficient (Wildman–Crippen LogP) is 2.72. The molecule has 1 saturated carbocycles. The van der Waals surface area contributed by atoms with Gasteiger partial charge in [-0.1, -0.05) is 6.08 Å². The number of nitrogens with two attached hydrogens (primary N) is 1. The third-order valence-electron chi connectivity index (χ3n) is 5.17. The summed E-state index contributed by atoms with van der Waals surface area (Å²) in [5.74, 6) is -0.134. The summed E-state index contributed by atoms with van der Waals surface area (Å²) in [6, 6.07) is -0.0151. The van der Waals surface area contributed by atoms with Gasteiger partial charge < -0.3 is 26.2 Å². The van der Waals surface area contributed by atoms with Crippen molar-refractivity contribution in [3.63, 3.8) is 0 Å². The molecule has 0 unspecified atom stereocenters. The van der Waals surface area contributed by atoms with E-state index >= 15 is 0 Å². The van der Waals surface area contributed by atoms with Gasteiger partial charge in [-0.25, -0.2) is 4.98 Å². The second kappa shape index (κ2) is 9.61. The zero-order valence-electron chi connectivity index (χ0n) is 16.4. The number of allylic oxidation sites excluding steroid dienone is 1. The number of aliphatic hydroxyl groups excluding tert-OH is 1. The van der Waals surface area contributed by atoms with Gasteiger partial charge in [0, 0.05) is 24.4 Å². The predicted molar refractivity (Wildman–Crippen MR) is 104 cm³/mol. The Labute approximate surface area is 172 Å². The molecule has 1 amide bonds. The number of aliphatic hydroxyl groups is 1. The first-order valence-electron chi connectivity index (χ1n) is 9.95. The van der Waals surface area contributed by atoms with Gasteiger partial charge >= 0.3 is 6.18 Å². The summed E-state index contributed by atoms with van der Waals surface area (Å²) in [4.78, 5) is 20.2. The molecule has 1 aromatic heterocycles. The number of halogens is 3. The van der Waals surface area contributed by atoms with E-state index in [1.54, 1.807) is 0 Å². The molecule has 0 aromatic carbocycles. The maximum atomic E-state index is 12.3. The van der Waals surface area contributed by atoms with Gasteiger partial charge in [0.05, 0.1) is 12.2 Å². The van der Waals surface area contributed by atoms with Crippen LogP contribution in [0.15, 0.2) is 18.0 Å². The Hall–Kier alpha value is -2.40. The highest BCUT2D eigenvalue weighted by atomic mass is 19.4. The number of aromatic nitrogens is 2. The zero-order valence-corrected chi connectivity index (χ0v) is 16.4. The quantitative estimate of drug-likeness (QED) is 0.526. The minimum atomic E-state index is -4.32. The van der Waals surface area contributed by atoms with E-state index < -0.39 is 30.9 Å². The number of hydrogen-bond donors (Lipinski definition) is 4. The van der Waals surface area contributed by atoms with Gasteiger partial charge in [0.2, 0.25) is 5.95 Å². The Morgan fingerprint density at radius 2 is 2.00 bits per heavy atom. The second-order valence-electron chi connectivity index (χ2n) is 7.65. The molecule has 30 heavy (non-hydrogen) atoms. The summed E-state index contributed by atoms with van der Waals surface area (Å²) in [5.41, 5.74) is 6.30. The molecule has 0 aliphatic heterocycles. The number of carbonyl (C=O) groups is 1. The van der Waals surface area contributed by atoms with Gasteiger partial charge in [0.1, 0.15) is 18.0 Å². The van der Waals surface area contributed by atoms with Gasteiger partial charge in [0.15, 0.2) is 0 Å². The number of ether oxygens (including phenoxy) is 1. The topological polar surface area (TPSA) is 122 Å². The fourth-order valence-electron chi connectivity index (χ4n) is 3.64. The van der Waals surface area contributed by atoms with Crippen LogP contribution < -0.4 is 16.4 Å². The second-order valence-corrected chi connectivity index (χ2v) is 7.65. The van der Waals surface area contributed by atoms with Gasteiger partial charge in [-0.3, -0.25) is 4.79 Å². The molecule has 0 radical (unpaired) electrons. The number of primary amides is 1. The molecule has 1 aromatic rings. The van der Waals surface area contributed by atoms with Crippen LogP contribution >= 0.6 is 0 Å². The van der Waals surface area contributed by atoms with E-state index in [2.05, 4.69) is 20.6 Å². The molecule has 1 atom stereocenters. The number of anilines is 2. The van der Waals surface area contributed by atoms with Crippen LogP contribution in [0.1, 0.15) is 55.3 Å². The Morgan fingerprint density at radius 1 is 1.27 bits per heavy atom. The molecule has 1 fully saturated rings. The van der Waals surface area contributed by atoms with E-state index in [0.29, 0.717) is 50.9 Å². The van der Waals surface area contributed by atoms with E-state index in [9.17, 15) is 23.1 Å². The van der Waals surface area contributed by atoms with E-state index in [4.69, 9.17) is 10.5 Å². The molecule has 1 heterocycles. The van der Waals surface area contributed by atoms with Crippen molar-refractivity contribution in [2.75, 3.05) is 17.2 Å². The summed E-state index contributed by atoms with van der Waals surface area (Å²) in [6.45, 7) is -1.23. The fraction of sp³-hybridized carbons (Fsp3) is 0.632. The number of alkyl halides is 3. The van der Waals surface area contributed by atoms with Crippen LogP contribution in [0.2, 0.25) is 0 Å². The highest BCUT2D eigenvalue weighted by molar-refractivity contribution is 5.97. The van der Waals surface area contributed by atoms with Crippen LogP contribution in [-0.4, -0.2) is 52.0 Å². The monoisotopic (exact) mass is 429 g/mol. The van der Waals surface area contributed by atoms with Crippen molar-refractivity contribution in [3.8, 4) is 0 Å². The standard InChI is InChI=1S/C19H26F3N5O3/c20-19(21,22)10-30-14-6-4-11(5-7-14)26-18-24-9-15(16(23)29)17(27-18)25-12-2-1-3-13(28)8-12/h2,9,11,13-14,28H,1,3-8,10H2,(H2,23,29)(H2,24,25,26,27)/t11?,13-,14?/m0/s1. The van der Waals surface area contributed by atoms with Crippen molar-refractivity contribution in [2.24, 2.45) is 5.73 Å². The lowest BCUT2D eigenvalue weighted by molar-refractivity contribution is -0.187. The third kappa shape index (κ3) is 6.56. The first-order valence-corrected chi connectivity index (χ1v) is 9.95. The normalized spacial score (nSPS) is 24.8. The molecule has 11 heteroatoms. The van der Waals surface area contributed by atoms with Crippen LogP contribution in [0.5, 0.6) is 0 Å². The Morgan fingerprint density at radius 3 is 2.63 bits per heavy atom. The average molecular weight is 429 g/mol. The number of rotatable bonds is 7. The molecule has 3 rings (SSSR count). The fourth-order valence-corrected chi connectivity index (χ4v) is 3.64. The molecular weight excluding hydrogens is 403 g/mol. The van der Waals surface area contributed by atoms with Crippen molar-refractivity contribution in [1.29, 1.82) is 0 Å². The van der Waals surface area contributed by atoms with Gasteiger partial charge in [-0.05, 0) is 38.5 Å².